The molecule has 0 saturated carbocycles. The Morgan fingerprint density at radius 2 is 1.84 bits per heavy atom. The van der Waals surface area contributed by atoms with Crippen LogP contribution in [0.1, 0.15) is 5.56 Å². The Morgan fingerprint density at radius 3 is 2.58 bits per heavy atom. The van der Waals surface area contributed by atoms with Crippen molar-refractivity contribution in [2.75, 3.05) is 44.6 Å². The number of alkyl halides is 1. The summed E-state index contributed by atoms with van der Waals surface area (Å²) in [7, 11) is 0. The lowest BCUT2D eigenvalue weighted by Crippen LogP contribution is -2.49. The fourth-order valence-corrected chi connectivity index (χ4v) is 3.46. The number of ether oxygens (including phenoxy) is 1. The number of para-hydroxylation sites is 1. The molecule has 19 heavy (non-hydrogen) atoms. The Labute approximate surface area is 123 Å². The van der Waals surface area contributed by atoms with E-state index in [0.717, 1.165) is 24.0 Å². The molecule has 0 N–H and O–H groups in total. The average Bonchev–Trinajstić information content (AvgIpc) is 2.83. The van der Waals surface area contributed by atoms with Gasteiger partial charge in [-0.05, 0) is 11.6 Å². The molecule has 1 fully saturated rings. The molecule has 0 spiro atoms. The fourth-order valence-electron chi connectivity index (χ4n) is 2.96. The number of hydrogen-bond donors (Lipinski definition) is 0. The zero-order valence-electron chi connectivity index (χ0n) is 11.2. The highest BCUT2D eigenvalue weighted by Gasteiger charge is 2.26. The zero-order valence-corrected chi connectivity index (χ0v) is 12.8. The van der Waals surface area contributed by atoms with Crippen molar-refractivity contribution in [1.29, 1.82) is 0 Å². The lowest BCUT2D eigenvalue weighted by Gasteiger charge is -2.35. The van der Waals surface area contributed by atoms with Crippen LogP contribution in [0.3, 0.4) is 0 Å². The second-order valence-corrected chi connectivity index (χ2v) is 6.18. The Morgan fingerprint density at radius 1 is 1.11 bits per heavy atom. The second-order valence-electron chi connectivity index (χ2n) is 5.38. The number of piperazine rings is 1. The molecule has 0 aliphatic carbocycles. The van der Waals surface area contributed by atoms with Gasteiger partial charge in [0.1, 0.15) is 11.9 Å². The van der Waals surface area contributed by atoms with Gasteiger partial charge < -0.3 is 4.74 Å². The Kier molecular flexibility index (Phi) is 4.41. The molecule has 1 unspecified atom stereocenters. The maximum Gasteiger partial charge on any atom is 0.123 e. The summed E-state index contributed by atoms with van der Waals surface area (Å²) in [6.07, 6.45) is 1.41. The number of nitrogens with zero attached hydrogens (tertiary/aromatic N) is 2. The number of rotatable bonds is 4. The molecule has 4 heteroatoms. The summed E-state index contributed by atoms with van der Waals surface area (Å²) in [4.78, 5) is 5.07. The molecule has 3 rings (SSSR count). The third-order valence-corrected chi connectivity index (χ3v) is 4.40. The molecule has 104 valence electrons. The van der Waals surface area contributed by atoms with Gasteiger partial charge in [0.2, 0.25) is 0 Å². The van der Waals surface area contributed by atoms with Crippen LogP contribution in [0.25, 0.3) is 0 Å². The van der Waals surface area contributed by atoms with Crippen LogP contribution in [0.2, 0.25) is 0 Å². The molecule has 0 amide bonds. The van der Waals surface area contributed by atoms with Crippen molar-refractivity contribution in [2.24, 2.45) is 0 Å². The van der Waals surface area contributed by atoms with Crippen LogP contribution in [0.4, 0.5) is 0 Å². The number of fused-ring (bicyclic) bond motifs is 1. The lowest BCUT2D eigenvalue weighted by atomic mass is 10.1. The van der Waals surface area contributed by atoms with Gasteiger partial charge in [0, 0.05) is 51.0 Å². The standard InChI is InChI=1S/C15H21BrN2O/c16-5-6-17-7-9-18(10-8-17)12-14-11-13-3-1-2-4-15(13)19-14/h1-4,14H,5-12H2. The predicted molar refractivity (Wildman–Crippen MR) is 81.2 cm³/mol. The summed E-state index contributed by atoms with van der Waals surface area (Å²) in [6.45, 7) is 6.94. The summed E-state index contributed by atoms with van der Waals surface area (Å²) in [5.74, 6) is 1.09. The monoisotopic (exact) mass is 324 g/mol. The number of benzene rings is 1. The average molecular weight is 325 g/mol. The van der Waals surface area contributed by atoms with Crippen LogP contribution in [-0.4, -0.2) is 60.5 Å². The van der Waals surface area contributed by atoms with E-state index in [1.54, 1.807) is 0 Å². The van der Waals surface area contributed by atoms with E-state index in [1.807, 2.05) is 0 Å². The summed E-state index contributed by atoms with van der Waals surface area (Å²) in [5.41, 5.74) is 1.37. The van der Waals surface area contributed by atoms with Gasteiger partial charge in [0.25, 0.3) is 0 Å². The normalized spacial score (nSPS) is 24.2. The first-order valence-electron chi connectivity index (χ1n) is 7.10. The van der Waals surface area contributed by atoms with Gasteiger partial charge in [-0.2, -0.15) is 0 Å². The van der Waals surface area contributed by atoms with Gasteiger partial charge in [0.05, 0.1) is 0 Å². The van der Waals surface area contributed by atoms with E-state index in [-0.39, 0.29) is 0 Å². The highest BCUT2D eigenvalue weighted by Crippen LogP contribution is 2.28. The molecule has 2 heterocycles. The molecule has 2 aliphatic heterocycles. The zero-order chi connectivity index (χ0) is 13.1. The van der Waals surface area contributed by atoms with Crippen LogP contribution in [0, 0.1) is 0 Å². The third kappa shape index (κ3) is 3.30. The van der Waals surface area contributed by atoms with Gasteiger partial charge in [-0.25, -0.2) is 0 Å². The van der Waals surface area contributed by atoms with E-state index in [1.165, 1.54) is 38.3 Å². The minimum Gasteiger partial charge on any atom is -0.488 e. The first-order chi connectivity index (χ1) is 9.35. The Bertz CT molecular complexity index is 393. The van der Waals surface area contributed by atoms with Crippen LogP contribution in [0.5, 0.6) is 5.75 Å². The number of hydrogen-bond acceptors (Lipinski definition) is 3. The smallest absolute Gasteiger partial charge is 0.123 e. The van der Waals surface area contributed by atoms with Crippen molar-refractivity contribution < 1.29 is 4.74 Å². The maximum absolute atomic E-state index is 6.02. The van der Waals surface area contributed by atoms with Gasteiger partial charge >= 0.3 is 0 Å². The van der Waals surface area contributed by atoms with Crippen LogP contribution >= 0.6 is 15.9 Å². The lowest BCUT2D eigenvalue weighted by molar-refractivity contribution is 0.0955. The highest BCUT2D eigenvalue weighted by molar-refractivity contribution is 9.09. The maximum atomic E-state index is 6.02. The molecule has 2 aliphatic rings. The van der Waals surface area contributed by atoms with Gasteiger partial charge in [-0.3, -0.25) is 9.80 Å². The van der Waals surface area contributed by atoms with Crippen molar-refractivity contribution in [3.63, 3.8) is 0 Å². The SMILES string of the molecule is BrCCN1CCN(CC2Cc3ccccc3O2)CC1. The molecule has 3 nitrogen and oxygen atoms in total. The third-order valence-electron chi connectivity index (χ3n) is 4.04. The quantitative estimate of drug-likeness (QED) is 0.788. The minimum atomic E-state index is 0.347. The predicted octanol–water partition coefficient (Wildman–Crippen LogP) is 2.00. The van der Waals surface area contributed by atoms with Crippen molar-refractivity contribution in [1.82, 2.24) is 9.80 Å². The largest absolute Gasteiger partial charge is 0.488 e. The summed E-state index contributed by atoms with van der Waals surface area (Å²) >= 11 is 3.51. The van der Waals surface area contributed by atoms with Crippen LogP contribution < -0.4 is 4.74 Å². The van der Waals surface area contributed by atoms with Crippen LogP contribution in [0.15, 0.2) is 24.3 Å². The van der Waals surface area contributed by atoms with E-state index in [9.17, 15) is 0 Å². The van der Waals surface area contributed by atoms with E-state index >= 15 is 0 Å². The summed E-state index contributed by atoms with van der Waals surface area (Å²) < 4.78 is 6.02. The van der Waals surface area contributed by atoms with E-state index < -0.39 is 0 Å². The summed E-state index contributed by atoms with van der Waals surface area (Å²) in [5, 5.41) is 1.08. The van der Waals surface area contributed by atoms with Gasteiger partial charge in [-0.1, -0.05) is 34.1 Å². The Balaban J connectivity index is 1.47. The van der Waals surface area contributed by atoms with E-state index in [0.29, 0.717) is 6.10 Å². The Hall–Kier alpha value is -0.580. The van der Waals surface area contributed by atoms with Gasteiger partial charge in [-0.15, -0.1) is 0 Å². The van der Waals surface area contributed by atoms with Crippen LogP contribution in [-0.2, 0) is 6.42 Å². The summed E-state index contributed by atoms with van der Waals surface area (Å²) in [6, 6.07) is 8.43. The van der Waals surface area contributed by atoms with Crippen molar-refractivity contribution in [3.8, 4) is 5.75 Å². The molecule has 1 saturated heterocycles. The fraction of sp³-hybridized carbons (Fsp3) is 0.600. The van der Waals surface area contributed by atoms with Crippen molar-refractivity contribution in [2.45, 2.75) is 12.5 Å². The molecule has 1 aromatic carbocycles. The van der Waals surface area contributed by atoms with E-state index in [2.05, 4.69) is 50.0 Å². The van der Waals surface area contributed by atoms with Crippen molar-refractivity contribution >= 4 is 15.9 Å². The second kappa shape index (κ2) is 6.25. The topological polar surface area (TPSA) is 15.7 Å². The molecule has 1 aromatic rings. The number of halogens is 1. The van der Waals surface area contributed by atoms with Gasteiger partial charge in [0.15, 0.2) is 0 Å². The first-order valence-corrected chi connectivity index (χ1v) is 8.22. The molecule has 0 aromatic heterocycles. The highest BCUT2D eigenvalue weighted by atomic mass is 79.9. The first kappa shape index (κ1) is 13.4. The molecule has 0 radical (unpaired) electrons. The minimum absolute atomic E-state index is 0.347. The molecule has 0 bridgehead atoms. The van der Waals surface area contributed by atoms with Crippen molar-refractivity contribution in [3.05, 3.63) is 29.8 Å². The molecular weight excluding hydrogens is 304 g/mol. The molecular formula is C15H21BrN2O. The molecule has 1 atom stereocenters. The van der Waals surface area contributed by atoms with E-state index in [4.69, 9.17) is 4.74 Å².